The maximum absolute atomic E-state index is 13.3. The standard InChI is InChI=1S/C22H28F2N2O5/c1-20(2,3)21-7-6-13(11-26(12-21)19(28)29)8-15(10-21)25-18(27)14-4-5-16-17(9-14)31-22(23,24)30-16/h4-5,9,13,15H,6-8,10-12H2,1-3H3,(H,25,27)(H,28,29)/t13-,15+,21+/m1/s1. The molecule has 2 aliphatic heterocycles. The summed E-state index contributed by atoms with van der Waals surface area (Å²) < 4.78 is 35.4. The van der Waals surface area contributed by atoms with E-state index in [1.165, 1.54) is 23.1 Å². The Balaban J connectivity index is 1.55. The van der Waals surface area contributed by atoms with Crippen molar-refractivity contribution >= 4 is 12.0 Å². The molecule has 1 aromatic carbocycles. The molecular formula is C22H28F2N2O5. The normalized spacial score (nSPS) is 29.3. The molecule has 1 aromatic rings. The van der Waals surface area contributed by atoms with E-state index in [1.54, 1.807) is 0 Å². The summed E-state index contributed by atoms with van der Waals surface area (Å²) in [5.41, 5.74) is -0.217. The first kappa shape index (κ1) is 21.6. The Morgan fingerprint density at radius 3 is 2.61 bits per heavy atom. The Kier molecular flexibility index (Phi) is 5.05. The molecule has 0 unspecified atom stereocenters. The zero-order valence-electron chi connectivity index (χ0n) is 17.9. The lowest BCUT2D eigenvalue weighted by Gasteiger charge is -2.48. The fourth-order valence-electron chi connectivity index (χ4n) is 5.24. The fourth-order valence-corrected chi connectivity index (χ4v) is 5.24. The number of fused-ring (bicyclic) bond motifs is 4. The minimum Gasteiger partial charge on any atom is -0.465 e. The van der Waals surface area contributed by atoms with E-state index in [-0.39, 0.29) is 45.8 Å². The summed E-state index contributed by atoms with van der Waals surface area (Å²) in [6, 6.07) is 3.85. The van der Waals surface area contributed by atoms with E-state index in [0.717, 1.165) is 12.8 Å². The number of hydrogen-bond donors (Lipinski definition) is 2. The number of carbonyl (C=O) groups is 2. The van der Waals surface area contributed by atoms with Gasteiger partial charge in [-0.05, 0) is 60.6 Å². The molecule has 2 bridgehead atoms. The predicted molar refractivity (Wildman–Crippen MR) is 107 cm³/mol. The summed E-state index contributed by atoms with van der Waals surface area (Å²) in [4.78, 5) is 26.2. The molecule has 2 N–H and O–H groups in total. The van der Waals surface area contributed by atoms with Crippen LogP contribution in [0.2, 0.25) is 0 Å². The number of carbonyl (C=O) groups excluding carboxylic acids is 1. The van der Waals surface area contributed by atoms with Crippen LogP contribution in [0.1, 0.15) is 56.8 Å². The van der Waals surface area contributed by atoms with Crippen LogP contribution in [0.5, 0.6) is 11.5 Å². The number of benzene rings is 1. The monoisotopic (exact) mass is 438 g/mol. The van der Waals surface area contributed by atoms with Crippen LogP contribution in [0.25, 0.3) is 0 Å². The van der Waals surface area contributed by atoms with E-state index < -0.39 is 12.4 Å². The second-order valence-electron chi connectivity index (χ2n) is 10.0. The molecule has 0 aromatic heterocycles. The number of alkyl halides is 2. The van der Waals surface area contributed by atoms with Gasteiger partial charge in [-0.15, -0.1) is 8.78 Å². The summed E-state index contributed by atoms with van der Waals surface area (Å²) in [5, 5.41) is 12.7. The van der Waals surface area contributed by atoms with Crippen molar-refractivity contribution in [2.75, 3.05) is 13.1 Å². The molecule has 2 fully saturated rings. The second-order valence-corrected chi connectivity index (χ2v) is 10.0. The predicted octanol–water partition coefficient (Wildman–Crippen LogP) is 4.32. The summed E-state index contributed by atoms with van der Waals surface area (Å²) >= 11 is 0. The smallest absolute Gasteiger partial charge is 0.465 e. The van der Waals surface area contributed by atoms with Crippen molar-refractivity contribution in [3.8, 4) is 11.5 Å². The Morgan fingerprint density at radius 2 is 1.94 bits per heavy atom. The van der Waals surface area contributed by atoms with Crippen LogP contribution < -0.4 is 14.8 Å². The fraction of sp³-hybridized carbons (Fsp3) is 0.636. The van der Waals surface area contributed by atoms with Gasteiger partial charge in [0.25, 0.3) is 5.91 Å². The zero-order chi connectivity index (χ0) is 22.6. The van der Waals surface area contributed by atoms with Crippen LogP contribution in [0, 0.1) is 16.7 Å². The quantitative estimate of drug-likeness (QED) is 0.718. The Hall–Kier alpha value is -2.58. The number of amides is 2. The zero-order valence-corrected chi connectivity index (χ0v) is 17.9. The van der Waals surface area contributed by atoms with Crippen LogP contribution in [-0.4, -0.2) is 47.4 Å². The van der Waals surface area contributed by atoms with Crippen molar-refractivity contribution in [2.45, 2.75) is 58.8 Å². The first-order valence-electron chi connectivity index (χ1n) is 10.6. The minimum absolute atomic E-state index is 0.106. The molecule has 9 heteroatoms. The molecule has 170 valence electrons. The molecule has 4 rings (SSSR count). The molecule has 1 saturated heterocycles. The topological polar surface area (TPSA) is 88.1 Å². The van der Waals surface area contributed by atoms with Crippen LogP contribution >= 0.6 is 0 Å². The van der Waals surface area contributed by atoms with E-state index >= 15 is 0 Å². The van der Waals surface area contributed by atoms with Gasteiger partial charge in [0, 0.05) is 24.7 Å². The molecule has 1 aliphatic carbocycles. The average Bonchev–Trinajstić information content (AvgIpc) is 2.76. The SMILES string of the molecule is CC(C)(C)[C@@]12CC[C@H](C[C@H](NC(=O)c3ccc4c(c3)OC(F)(F)O4)C1)CN(C(=O)O)C2. The number of hydrogen-bond acceptors (Lipinski definition) is 4. The minimum atomic E-state index is -3.73. The number of nitrogens with one attached hydrogen (secondary N) is 1. The first-order valence-corrected chi connectivity index (χ1v) is 10.6. The van der Waals surface area contributed by atoms with Crippen molar-refractivity contribution in [1.29, 1.82) is 0 Å². The Labute approximate surface area is 179 Å². The molecule has 2 amide bonds. The van der Waals surface area contributed by atoms with Gasteiger partial charge in [-0.1, -0.05) is 20.8 Å². The van der Waals surface area contributed by atoms with Gasteiger partial charge in [0.05, 0.1) is 0 Å². The van der Waals surface area contributed by atoms with Gasteiger partial charge in [-0.3, -0.25) is 4.79 Å². The maximum Gasteiger partial charge on any atom is 0.586 e. The maximum atomic E-state index is 13.3. The van der Waals surface area contributed by atoms with Gasteiger partial charge in [0.1, 0.15) is 0 Å². The molecular weight excluding hydrogens is 410 g/mol. The van der Waals surface area contributed by atoms with Crippen LogP contribution in [0.15, 0.2) is 18.2 Å². The Bertz CT molecular complexity index is 900. The van der Waals surface area contributed by atoms with Gasteiger partial charge in [-0.2, -0.15) is 0 Å². The van der Waals surface area contributed by atoms with Crippen molar-refractivity contribution in [3.63, 3.8) is 0 Å². The lowest BCUT2D eigenvalue weighted by Crippen LogP contribution is -2.52. The lowest BCUT2D eigenvalue weighted by atomic mass is 9.61. The first-order chi connectivity index (χ1) is 14.4. The van der Waals surface area contributed by atoms with Crippen molar-refractivity contribution in [2.24, 2.45) is 16.7 Å². The summed E-state index contributed by atoms with van der Waals surface area (Å²) in [5.74, 6) is -0.487. The lowest BCUT2D eigenvalue weighted by molar-refractivity contribution is -0.286. The van der Waals surface area contributed by atoms with E-state index in [2.05, 4.69) is 35.6 Å². The summed E-state index contributed by atoms with van der Waals surface area (Å²) in [6.45, 7) is 7.26. The molecule has 31 heavy (non-hydrogen) atoms. The van der Waals surface area contributed by atoms with E-state index in [4.69, 9.17) is 0 Å². The van der Waals surface area contributed by atoms with Gasteiger partial charge < -0.3 is 24.8 Å². The van der Waals surface area contributed by atoms with Gasteiger partial charge in [0.2, 0.25) is 0 Å². The second kappa shape index (κ2) is 7.24. The molecule has 7 nitrogen and oxygen atoms in total. The van der Waals surface area contributed by atoms with Crippen molar-refractivity contribution < 1.29 is 33.0 Å². The van der Waals surface area contributed by atoms with Crippen LogP contribution in [0.4, 0.5) is 13.6 Å². The molecule has 1 saturated carbocycles. The largest absolute Gasteiger partial charge is 0.586 e. The third-order valence-corrected chi connectivity index (χ3v) is 7.12. The van der Waals surface area contributed by atoms with E-state index in [0.29, 0.717) is 25.9 Å². The van der Waals surface area contributed by atoms with Crippen LogP contribution in [-0.2, 0) is 0 Å². The average molecular weight is 438 g/mol. The highest BCUT2D eigenvalue weighted by Gasteiger charge is 2.50. The molecule has 2 heterocycles. The number of likely N-dealkylation sites (tertiary alicyclic amines) is 1. The number of ether oxygens (including phenoxy) is 2. The summed E-state index contributed by atoms with van der Waals surface area (Å²) in [6.07, 6.45) is -1.49. The number of carboxylic acid groups (broad SMARTS) is 1. The Morgan fingerprint density at radius 1 is 1.23 bits per heavy atom. The van der Waals surface area contributed by atoms with Gasteiger partial charge in [-0.25, -0.2) is 4.79 Å². The van der Waals surface area contributed by atoms with Gasteiger partial charge in [0.15, 0.2) is 11.5 Å². The molecule has 0 radical (unpaired) electrons. The summed E-state index contributed by atoms with van der Waals surface area (Å²) in [7, 11) is 0. The highest BCUT2D eigenvalue weighted by molar-refractivity contribution is 5.95. The molecule has 0 spiro atoms. The third kappa shape index (κ3) is 4.14. The molecule has 3 atom stereocenters. The molecule has 3 aliphatic rings. The van der Waals surface area contributed by atoms with Crippen molar-refractivity contribution in [1.82, 2.24) is 10.2 Å². The highest BCUT2D eigenvalue weighted by atomic mass is 19.3. The van der Waals surface area contributed by atoms with Gasteiger partial charge >= 0.3 is 12.4 Å². The third-order valence-electron chi connectivity index (χ3n) is 7.12. The number of halogens is 2. The highest BCUT2D eigenvalue weighted by Crippen LogP contribution is 2.52. The van der Waals surface area contributed by atoms with E-state index in [9.17, 15) is 23.5 Å². The number of rotatable bonds is 2. The number of nitrogens with zero attached hydrogens (tertiary/aromatic N) is 1. The van der Waals surface area contributed by atoms with Crippen LogP contribution in [0.3, 0.4) is 0 Å². The van der Waals surface area contributed by atoms with E-state index in [1.807, 2.05) is 0 Å². The van der Waals surface area contributed by atoms with Crippen molar-refractivity contribution in [3.05, 3.63) is 23.8 Å².